The second kappa shape index (κ2) is 6.53. The summed E-state index contributed by atoms with van der Waals surface area (Å²) in [5, 5.41) is 2.95. The predicted molar refractivity (Wildman–Crippen MR) is 107 cm³/mol. The smallest absolute Gasteiger partial charge is 0.298 e. The molecule has 7 heteroatoms. The number of rotatable bonds is 4. The molecule has 2 aromatic carbocycles. The molecule has 0 radical (unpaired) electrons. The van der Waals surface area contributed by atoms with Crippen LogP contribution in [0.4, 0.5) is 11.7 Å². The van der Waals surface area contributed by atoms with Gasteiger partial charge in [0.05, 0.1) is 6.61 Å². The molecular formula is C21H22N4O3. The standard InChI is InChI=1S/C21H22N4O3/c1-24(2)16-11-25(12-16)21-23-17-10-15(4-6-19(17)28-21)22-20(26)14-3-5-18-13(9-14)7-8-27-18/h3-6,9-10,16H,7-8,11-12H2,1-2H3,(H,22,26). The number of anilines is 2. The Morgan fingerprint density at radius 3 is 2.89 bits per heavy atom. The highest BCUT2D eigenvalue weighted by Crippen LogP contribution is 2.29. The number of hydrogen-bond acceptors (Lipinski definition) is 6. The van der Waals surface area contributed by atoms with Gasteiger partial charge in [-0.2, -0.15) is 4.98 Å². The van der Waals surface area contributed by atoms with Crippen molar-refractivity contribution < 1.29 is 13.9 Å². The number of nitrogens with one attached hydrogen (secondary N) is 1. The lowest BCUT2D eigenvalue weighted by Gasteiger charge is -2.41. The molecule has 7 nitrogen and oxygen atoms in total. The van der Waals surface area contributed by atoms with Crippen LogP contribution in [0.1, 0.15) is 15.9 Å². The average Bonchev–Trinajstić information content (AvgIpc) is 3.25. The number of hydrogen-bond donors (Lipinski definition) is 1. The lowest BCUT2D eigenvalue weighted by molar-refractivity contribution is 0.102. The highest BCUT2D eigenvalue weighted by Gasteiger charge is 2.31. The lowest BCUT2D eigenvalue weighted by Crippen LogP contribution is -2.57. The summed E-state index contributed by atoms with van der Waals surface area (Å²) < 4.78 is 11.4. The fourth-order valence-corrected chi connectivity index (χ4v) is 3.60. The van der Waals surface area contributed by atoms with Crippen LogP contribution in [-0.2, 0) is 6.42 Å². The third kappa shape index (κ3) is 2.97. The van der Waals surface area contributed by atoms with E-state index < -0.39 is 0 Å². The van der Waals surface area contributed by atoms with E-state index in [1.54, 1.807) is 6.07 Å². The topological polar surface area (TPSA) is 70.8 Å². The van der Waals surface area contributed by atoms with E-state index in [1.807, 2.05) is 30.3 Å². The molecule has 1 amide bonds. The van der Waals surface area contributed by atoms with Crippen molar-refractivity contribution >= 4 is 28.7 Å². The molecule has 3 aromatic rings. The van der Waals surface area contributed by atoms with Crippen molar-refractivity contribution in [3.63, 3.8) is 0 Å². The molecule has 1 saturated heterocycles. The highest BCUT2D eigenvalue weighted by atomic mass is 16.5. The van der Waals surface area contributed by atoms with E-state index in [0.717, 1.165) is 41.9 Å². The fourth-order valence-electron chi connectivity index (χ4n) is 3.60. The van der Waals surface area contributed by atoms with Gasteiger partial charge >= 0.3 is 0 Å². The first-order chi connectivity index (χ1) is 13.6. The number of oxazole rings is 1. The van der Waals surface area contributed by atoms with Crippen LogP contribution in [0.3, 0.4) is 0 Å². The summed E-state index contributed by atoms with van der Waals surface area (Å²) in [7, 11) is 4.16. The number of nitrogens with zero attached hydrogens (tertiary/aromatic N) is 3. The van der Waals surface area contributed by atoms with Crippen molar-refractivity contribution in [3.05, 3.63) is 47.5 Å². The Labute approximate surface area is 162 Å². The fraction of sp³-hybridized carbons (Fsp3) is 0.333. The van der Waals surface area contributed by atoms with Crippen LogP contribution in [-0.4, -0.2) is 55.6 Å². The van der Waals surface area contributed by atoms with Crippen LogP contribution in [0.25, 0.3) is 11.1 Å². The van der Waals surface area contributed by atoms with Gasteiger partial charge in [0.15, 0.2) is 5.58 Å². The maximum Gasteiger partial charge on any atom is 0.298 e. The first kappa shape index (κ1) is 17.1. The average molecular weight is 378 g/mol. The Hall–Kier alpha value is -3.06. The van der Waals surface area contributed by atoms with Gasteiger partial charge in [0.1, 0.15) is 11.3 Å². The number of likely N-dealkylation sites (N-methyl/N-ethyl adjacent to an activating group) is 1. The van der Waals surface area contributed by atoms with Crippen molar-refractivity contribution in [2.45, 2.75) is 12.5 Å². The number of benzene rings is 2. The number of fused-ring (bicyclic) bond motifs is 2. The molecule has 3 heterocycles. The zero-order valence-electron chi connectivity index (χ0n) is 15.9. The number of carbonyl (C=O) groups excluding carboxylic acids is 1. The molecule has 28 heavy (non-hydrogen) atoms. The summed E-state index contributed by atoms with van der Waals surface area (Å²) in [6, 6.07) is 12.2. The summed E-state index contributed by atoms with van der Waals surface area (Å²) in [4.78, 5) is 21.5. The quantitative estimate of drug-likeness (QED) is 0.753. The minimum Gasteiger partial charge on any atom is -0.493 e. The molecule has 1 aromatic heterocycles. The molecule has 0 saturated carbocycles. The van der Waals surface area contributed by atoms with Crippen molar-refractivity contribution in [1.82, 2.24) is 9.88 Å². The first-order valence-corrected chi connectivity index (χ1v) is 9.46. The number of amides is 1. The normalized spacial score (nSPS) is 16.2. The zero-order chi connectivity index (χ0) is 19.3. The maximum absolute atomic E-state index is 12.6. The number of ether oxygens (including phenoxy) is 1. The number of aromatic nitrogens is 1. The van der Waals surface area contributed by atoms with E-state index in [2.05, 4.69) is 34.2 Å². The summed E-state index contributed by atoms with van der Waals surface area (Å²) in [6.45, 7) is 2.49. The third-order valence-electron chi connectivity index (χ3n) is 5.45. The summed E-state index contributed by atoms with van der Waals surface area (Å²) in [6.07, 6.45) is 0.843. The van der Waals surface area contributed by atoms with E-state index in [-0.39, 0.29) is 5.91 Å². The van der Waals surface area contributed by atoms with Crippen molar-refractivity contribution in [2.24, 2.45) is 0 Å². The van der Waals surface area contributed by atoms with Crippen LogP contribution in [0, 0.1) is 0 Å². The molecule has 1 N–H and O–H groups in total. The molecule has 0 aliphatic carbocycles. The molecule has 144 valence electrons. The van der Waals surface area contributed by atoms with E-state index in [9.17, 15) is 4.79 Å². The van der Waals surface area contributed by atoms with E-state index >= 15 is 0 Å². The maximum atomic E-state index is 12.6. The summed E-state index contributed by atoms with van der Waals surface area (Å²) >= 11 is 0. The second-order valence-electron chi connectivity index (χ2n) is 7.58. The molecule has 5 rings (SSSR count). The Balaban J connectivity index is 1.32. The van der Waals surface area contributed by atoms with Crippen LogP contribution < -0.4 is 15.0 Å². The second-order valence-corrected chi connectivity index (χ2v) is 7.58. The molecule has 2 aliphatic rings. The first-order valence-electron chi connectivity index (χ1n) is 9.46. The van der Waals surface area contributed by atoms with E-state index in [4.69, 9.17) is 9.15 Å². The minimum absolute atomic E-state index is 0.144. The van der Waals surface area contributed by atoms with E-state index in [0.29, 0.717) is 29.9 Å². The molecular weight excluding hydrogens is 356 g/mol. The van der Waals surface area contributed by atoms with Gasteiger partial charge in [0.25, 0.3) is 11.9 Å². The van der Waals surface area contributed by atoms with Gasteiger partial charge in [-0.05, 0) is 56.1 Å². The molecule has 0 bridgehead atoms. The SMILES string of the molecule is CN(C)C1CN(c2nc3cc(NC(=O)c4ccc5c(c4)CCO5)ccc3o2)C1. The lowest BCUT2D eigenvalue weighted by atomic mass is 10.1. The van der Waals surface area contributed by atoms with Crippen molar-refractivity contribution in [3.8, 4) is 5.75 Å². The van der Waals surface area contributed by atoms with Crippen LogP contribution in [0.2, 0.25) is 0 Å². The van der Waals surface area contributed by atoms with Gasteiger partial charge in [-0.3, -0.25) is 4.79 Å². The van der Waals surface area contributed by atoms with Gasteiger partial charge < -0.3 is 24.3 Å². The monoisotopic (exact) mass is 378 g/mol. The van der Waals surface area contributed by atoms with Gasteiger partial charge in [0.2, 0.25) is 0 Å². The summed E-state index contributed by atoms with van der Waals surface area (Å²) in [5.41, 5.74) is 3.86. The van der Waals surface area contributed by atoms with Crippen LogP contribution in [0.15, 0.2) is 40.8 Å². The molecule has 0 spiro atoms. The van der Waals surface area contributed by atoms with Crippen molar-refractivity contribution in [1.29, 1.82) is 0 Å². The minimum atomic E-state index is -0.144. The van der Waals surface area contributed by atoms with Gasteiger partial charge in [-0.15, -0.1) is 0 Å². The largest absolute Gasteiger partial charge is 0.493 e. The predicted octanol–water partition coefficient (Wildman–Crippen LogP) is 2.77. The Kier molecular flexibility index (Phi) is 3.98. The number of carbonyl (C=O) groups is 1. The Morgan fingerprint density at radius 1 is 1.21 bits per heavy atom. The zero-order valence-corrected chi connectivity index (χ0v) is 15.9. The van der Waals surface area contributed by atoms with Crippen molar-refractivity contribution in [2.75, 3.05) is 44.0 Å². The molecule has 0 unspecified atom stereocenters. The van der Waals surface area contributed by atoms with E-state index in [1.165, 1.54) is 0 Å². The third-order valence-corrected chi connectivity index (χ3v) is 5.45. The highest BCUT2D eigenvalue weighted by molar-refractivity contribution is 6.05. The van der Waals surface area contributed by atoms with Crippen LogP contribution in [0.5, 0.6) is 5.75 Å². The summed E-state index contributed by atoms with van der Waals surface area (Å²) in [5.74, 6) is 0.727. The molecule has 0 atom stereocenters. The van der Waals surface area contributed by atoms with Gasteiger partial charge in [-0.25, -0.2) is 0 Å². The van der Waals surface area contributed by atoms with Gasteiger partial charge in [-0.1, -0.05) is 0 Å². The molecule has 1 fully saturated rings. The molecule has 2 aliphatic heterocycles. The Bertz CT molecular complexity index is 1050. The Morgan fingerprint density at radius 2 is 2.07 bits per heavy atom. The van der Waals surface area contributed by atoms with Gasteiger partial charge in [0, 0.05) is 36.8 Å². The van der Waals surface area contributed by atoms with Crippen LogP contribution >= 0.6 is 0 Å².